The molecule has 4 rings (SSSR count). The van der Waals surface area contributed by atoms with E-state index >= 15 is 0 Å². The van der Waals surface area contributed by atoms with Gasteiger partial charge >= 0.3 is 6.09 Å². The van der Waals surface area contributed by atoms with Gasteiger partial charge in [0.1, 0.15) is 17.5 Å². The van der Waals surface area contributed by atoms with E-state index in [1.54, 1.807) is 25.1 Å². The molecule has 0 bridgehead atoms. The third kappa shape index (κ3) is 10.3. The van der Waals surface area contributed by atoms with E-state index in [0.717, 1.165) is 30.5 Å². The molecule has 2 aliphatic rings. The summed E-state index contributed by atoms with van der Waals surface area (Å²) in [6.45, 7) is 10.6. The average molecular weight is 692 g/mol. The van der Waals surface area contributed by atoms with Gasteiger partial charge in [-0.25, -0.2) is 17.9 Å². The number of piperidine rings is 1. The Labute approximate surface area is 282 Å². The quantitative estimate of drug-likeness (QED) is 0.248. The van der Waals surface area contributed by atoms with Crippen molar-refractivity contribution in [2.45, 2.75) is 75.6 Å². The average Bonchev–Trinajstić information content (AvgIpc) is 3.36. The van der Waals surface area contributed by atoms with Gasteiger partial charge in [0.2, 0.25) is 10.0 Å². The number of amides is 1. The number of nitrogens with two attached hydrogens (primary N) is 1. The van der Waals surface area contributed by atoms with Gasteiger partial charge in [-0.3, -0.25) is 4.90 Å². The lowest BCUT2D eigenvalue weighted by Gasteiger charge is -2.39. The van der Waals surface area contributed by atoms with Crippen LogP contribution in [0, 0.1) is 18.3 Å². The zero-order valence-corrected chi connectivity index (χ0v) is 29.1. The van der Waals surface area contributed by atoms with Crippen molar-refractivity contribution in [2.75, 3.05) is 52.6 Å². The number of likely N-dealkylation sites (tertiary alicyclic amines) is 1. The van der Waals surface area contributed by atoms with Crippen molar-refractivity contribution in [3.63, 3.8) is 0 Å². The second-order valence-electron chi connectivity index (χ2n) is 12.8. The van der Waals surface area contributed by atoms with E-state index in [0.29, 0.717) is 61.2 Å². The second-order valence-corrected chi connectivity index (χ2v) is 15.0. The number of hydrogen-bond donors (Lipinski definition) is 3. The van der Waals surface area contributed by atoms with Crippen LogP contribution in [-0.4, -0.2) is 89.7 Å². The number of sulfonamides is 1. The van der Waals surface area contributed by atoms with Crippen molar-refractivity contribution in [1.29, 1.82) is 5.26 Å². The molecule has 1 saturated heterocycles. The maximum Gasteiger partial charge on any atom is 0.407 e. The molecule has 0 aromatic heterocycles. The number of rotatable bonds is 14. The molecule has 1 heterocycles. The molecule has 3 atom stereocenters. The third-order valence-corrected chi connectivity index (χ3v) is 9.64. The molecule has 0 spiro atoms. The molecule has 47 heavy (non-hydrogen) atoms. The van der Waals surface area contributed by atoms with Gasteiger partial charge in [0.25, 0.3) is 0 Å². The highest BCUT2D eigenvalue weighted by Gasteiger charge is 2.41. The highest BCUT2D eigenvalue weighted by Crippen LogP contribution is 2.42. The molecule has 1 amide bonds. The Balaban J connectivity index is 1.49. The summed E-state index contributed by atoms with van der Waals surface area (Å²) in [7, 11) is -3.79. The normalized spacial score (nSPS) is 20.0. The summed E-state index contributed by atoms with van der Waals surface area (Å²) in [5.41, 5.74) is 7.62. The molecule has 2 aromatic rings. The molecule has 0 saturated carbocycles. The summed E-state index contributed by atoms with van der Waals surface area (Å²) < 4.78 is 51.4. The summed E-state index contributed by atoms with van der Waals surface area (Å²) in [5.74, 6) is 0.520. The van der Waals surface area contributed by atoms with E-state index in [1.807, 2.05) is 26.8 Å². The summed E-state index contributed by atoms with van der Waals surface area (Å²) >= 11 is 6.46. The van der Waals surface area contributed by atoms with Crippen LogP contribution in [0.15, 0.2) is 35.2 Å². The van der Waals surface area contributed by atoms with Crippen molar-refractivity contribution in [2.24, 2.45) is 5.73 Å². The predicted octanol–water partition coefficient (Wildman–Crippen LogP) is 3.82. The van der Waals surface area contributed by atoms with Crippen LogP contribution in [0.4, 0.5) is 4.79 Å². The van der Waals surface area contributed by atoms with Crippen LogP contribution in [0.1, 0.15) is 62.0 Å². The molecular formula is C33H46ClN5O7S. The van der Waals surface area contributed by atoms with E-state index < -0.39 is 27.8 Å². The zero-order valence-electron chi connectivity index (χ0n) is 27.5. The van der Waals surface area contributed by atoms with Crippen LogP contribution in [-0.2, 0) is 30.7 Å². The minimum Gasteiger partial charge on any atom is -0.484 e. The lowest BCUT2D eigenvalue weighted by molar-refractivity contribution is 0.0360. The Morgan fingerprint density at radius 3 is 2.57 bits per heavy atom. The Kier molecular flexibility index (Phi) is 12.9. The number of aryl methyl sites for hydroxylation is 1. The van der Waals surface area contributed by atoms with Crippen molar-refractivity contribution >= 4 is 27.7 Å². The van der Waals surface area contributed by atoms with Gasteiger partial charge in [0.15, 0.2) is 0 Å². The number of alkyl carbamates (subject to hydrolysis) is 1. The number of benzene rings is 2. The first-order valence-corrected chi connectivity index (χ1v) is 17.8. The molecule has 0 radical (unpaired) electrons. The largest absolute Gasteiger partial charge is 0.484 e. The summed E-state index contributed by atoms with van der Waals surface area (Å²) in [5, 5.41) is 13.4. The van der Waals surface area contributed by atoms with Crippen molar-refractivity contribution < 1.29 is 32.2 Å². The number of hydrogen-bond acceptors (Lipinski definition) is 10. The first-order valence-electron chi connectivity index (χ1n) is 15.9. The fourth-order valence-corrected chi connectivity index (χ4v) is 7.24. The van der Waals surface area contributed by atoms with Crippen molar-refractivity contribution in [1.82, 2.24) is 14.9 Å². The molecule has 1 aliphatic heterocycles. The third-order valence-electron chi connectivity index (χ3n) is 7.96. The van der Waals surface area contributed by atoms with Crippen LogP contribution in [0.2, 0.25) is 5.02 Å². The molecule has 258 valence electrons. The number of nitrogens with one attached hydrogen (secondary N) is 2. The van der Waals surface area contributed by atoms with Gasteiger partial charge < -0.3 is 30.0 Å². The maximum atomic E-state index is 13.0. The highest BCUT2D eigenvalue weighted by molar-refractivity contribution is 7.89. The van der Waals surface area contributed by atoms with Gasteiger partial charge in [-0.15, -0.1) is 0 Å². The molecule has 1 fully saturated rings. The van der Waals surface area contributed by atoms with E-state index in [1.165, 1.54) is 6.07 Å². The fourth-order valence-electron chi connectivity index (χ4n) is 5.92. The summed E-state index contributed by atoms with van der Waals surface area (Å²) in [4.78, 5) is 14.9. The second kappa shape index (κ2) is 16.4. The van der Waals surface area contributed by atoms with Crippen LogP contribution >= 0.6 is 11.6 Å². The molecule has 1 aliphatic carbocycles. The van der Waals surface area contributed by atoms with E-state index in [4.69, 9.17) is 36.3 Å². The number of fused-ring (bicyclic) bond motifs is 1. The zero-order chi connectivity index (χ0) is 34.2. The molecule has 4 N–H and O–H groups in total. The SMILES string of the molecule is Cc1cc(S(=O)(=O)NCCOCCOCCN)ccc1O[C@H]1c2cc(Cl)cc(C#N)c2C[C@@H]1N1CCC[C@@H](NC(=O)OC(C)(C)C)C1. The first kappa shape index (κ1) is 36.9. The standard InChI is InChI=1S/C33H46ClN5O7S/c1-22-16-26(47(41,42)37-10-13-44-15-14-43-12-9-35)7-8-30(22)45-31-28-18-24(34)17-23(20-36)27(28)19-29(31)39-11-5-6-25(21-39)38-32(40)46-33(2,3)4/h7-8,16-18,25,29,31,37H,5-6,9-15,19,21,35H2,1-4H3,(H,38,40)/t25-,29+,31+/m1/s1. The summed E-state index contributed by atoms with van der Waals surface area (Å²) in [6, 6.07) is 10.3. The molecule has 0 unspecified atom stereocenters. The Hall–Kier alpha value is -2.96. The number of halogens is 1. The van der Waals surface area contributed by atoms with Crippen LogP contribution in [0.25, 0.3) is 0 Å². The van der Waals surface area contributed by atoms with Gasteiger partial charge in [-0.1, -0.05) is 11.6 Å². The lowest BCUT2D eigenvalue weighted by Crippen LogP contribution is -2.53. The number of carbonyl (C=O) groups is 1. The van der Waals surface area contributed by atoms with Crippen LogP contribution in [0.3, 0.4) is 0 Å². The van der Waals surface area contributed by atoms with Crippen LogP contribution < -0.4 is 20.5 Å². The van der Waals surface area contributed by atoms with Crippen molar-refractivity contribution in [3.05, 3.63) is 57.6 Å². The van der Waals surface area contributed by atoms with Crippen molar-refractivity contribution in [3.8, 4) is 11.8 Å². The van der Waals surface area contributed by atoms with Gasteiger partial charge in [-0.05, 0) is 101 Å². The Morgan fingerprint density at radius 1 is 1.15 bits per heavy atom. The lowest BCUT2D eigenvalue weighted by atomic mass is 10.0. The smallest absolute Gasteiger partial charge is 0.407 e. The van der Waals surface area contributed by atoms with Gasteiger partial charge in [-0.2, -0.15) is 5.26 Å². The molecule has 12 nitrogen and oxygen atoms in total. The van der Waals surface area contributed by atoms with Gasteiger partial charge in [0.05, 0.1) is 49.0 Å². The van der Waals surface area contributed by atoms with E-state index in [2.05, 4.69) is 21.0 Å². The number of nitriles is 1. The summed E-state index contributed by atoms with van der Waals surface area (Å²) in [6.07, 6.45) is 1.30. The topological polar surface area (TPSA) is 165 Å². The number of carbonyl (C=O) groups excluding carboxylic acids is 1. The number of ether oxygens (including phenoxy) is 4. The fraction of sp³-hybridized carbons (Fsp3) is 0.576. The molecule has 2 aromatic carbocycles. The minimum absolute atomic E-state index is 0.110. The highest BCUT2D eigenvalue weighted by atomic mass is 35.5. The maximum absolute atomic E-state index is 13.0. The molecular weight excluding hydrogens is 646 g/mol. The van der Waals surface area contributed by atoms with Gasteiger partial charge in [0, 0.05) is 30.7 Å². The Morgan fingerprint density at radius 2 is 1.89 bits per heavy atom. The van der Waals surface area contributed by atoms with E-state index in [-0.39, 0.29) is 30.1 Å². The van der Waals surface area contributed by atoms with E-state index in [9.17, 15) is 18.5 Å². The predicted molar refractivity (Wildman–Crippen MR) is 178 cm³/mol. The first-order chi connectivity index (χ1) is 22.3. The Bertz CT molecular complexity index is 1540. The number of nitrogens with zero attached hydrogens (tertiary/aromatic N) is 2. The minimum atomic E-state index is -3.79. The monoisotopic (exact) mass is 691 g/mol. The van der Waals surface area contributed by atoms with Crippen LogP contribution in [0.5, 0.6) is 5.75 Å². The molecule has 14 heteroatoms.